The molecule has 24 heavy (non-hydrogen) atoms. The maximum atomic E-state index is 13.7. The SMILES string of the molecule is Cc1ccc([C@@H](CC(=O)[O-])NS(=O)(=O)c2ccc(F)cc2F)cc1. The molecule has 2 aromatic carbocycles. The number of aliphatic carboxylic acids is 1. The molecular weight excluding hydrogens is 340 g/mol. The van der Waals surface area contributed by atoms with E-state index in [2.05, 4.69) is 4.72 Å². The molecule has 0 heterocycles. The maximum absolute atomic E-state index is 13.7. The van der Waals surface area contributed by atoms with Crippen LogP contribution in [0.2, 0.25) is 0 Å². The van der Waals surface area contributed by atoms with Gasteiger partial charge in [0.2, 0.25) is 10.0 Å². The summed E-state index contributed by atoms with van der Waals surface area (Å²) >= 11 is 0. The van der Waals surface area contributed by atoms with Crippen LogP contribution in [0.1, 0.15) is 23.6 Å². The van der Waals surface area contributed by atoms with Crippen LogP contribution in [0.4, 0.5) is 8.78 Å². The van der Waals surface area contributed by atoms with Gasteiger partial charge in [-0.2, -0.15) is 0 Å². The van der Waals surface area contributed by atoms with Crippen molar-refractivity contribution in [3.05, 3.63) is 65.2 Å². The molecule has 0 saturated carbocycles. The molecule has 8 heteroatoms. The number of aryl methyl sites for hydroxylation is 1. The molecule has 2 aromatic rings. The molecule has 1 N–H and O–H groups in total. The number of carboxylic acids is 1. The van der Waals surface area contributed by atoms with Gasteiger partial charge in [-0.3, -0.25) is 0 Å². The van der Waals surface area contributed by atoms with Crippen LogP contribution in [0.25, 0.3) is 0 Å². The Morgan fingerprint density at radius 3 is 2.33 bits per heavy atom. The molecule has 0 aliphatic heterocycles. The Bertz CT molecular complexity index is 851. The van der Waals surface area contributed by atoms with Crippen LogP contribution in [0.15, 0.2) is 47.4 Å². The lowest BCUT2D eigenvalue weighted by molar-refractivity contribution is -0.306. The predicted molar refractivity (Wildman–Crippen MR) is 80.2 cm³/mol. The minimum absolute atomic E-state index is 0.385. The smallest absolute Gasteiger partial charge is 0.244 e. The van der Waals surface area contributed by atoms with Gasteiger partial charge in [0.1, 0.15) is 16.5 Å². The van der Waals surface area contributed by atoms with E-state index in [1.807, 2.05) is 6.92 Å². The molecule has 0 aliphatic carbocycles. The van der Waals surface area contributed by atoms with Crippen LogP contribution in [-0.4, -0.2) is 14.4 Å². The lowest BCUT2D eigenvalue weighted by Crippen LogP contribution is -2.34. The Labute approximate surface area is 138 Å². The van der Waals surface area contributed by atoms with Crippen molar-refractivity contribution in [3.8, 4) is 0 Å². The standard InChI is InChI=1S/C16H15F2NO4S/c1-10-2-4-11(5-3-10)14(9-16(20)21)19-24(22,23)15-7-6-12(17)8-13(15)18/h2-8,14,19H,9H2,1H3,(H,20,21)/p-1/t14-/m1/s1. The van der Waals surface area contributed by atoms with E-state index in [9.17, 15) is 27.1 Å². The molecule has 0 bridgehead atoms. The Hall–Kier alpha value is -2.32. The number of rotatable bonds is 6. The van der Waals surface area contributed by atoms with E-state index >= 15 is 0 Å². The van der Waals surface area contributed by atoms with Crippen molar-refractivity contribution in [2.75, 3.05) is 0 Å². The van der Waals surface area contributed by atoms with Crippen molar-refractivity contribution in [1.82, 2.24) is 4.72 Å². The second-order valence-corrected chi connectivity index (χ2v) is 6.92. The highest BCUT2D eigenvalue weighted by Gasteiger charge is 2.24. The molecule has 0 saturated heterocycles. The van der Waals surface area contributed by atoms with E-state index in [0.717, 1.165) is 17.7 Å². The van der Waals surface area contributed by atoms with Gasteiger partial charge in [-0.1, -0.05) is 29.8 Å². The highest BCUT2D eigenvalue weighted by atomic mass is 32.2. The molecule has 0 radical (unpaired) electrons. The second kappa shape index (κ2) is 7.06. The van der Waals surface area contributed by atoms with Crippen molar-refractivity contribution in [3.63, 3.8) is 0 Å². The summed E-state index contributed by atoms with van der Waals surface area (Å²) in [6.07, 6.45) is -0.634. The maximum Gasteiger partial charge on any atom is 0.244 e. The van der Waals surface area contributed by atoms with Crippen LogP contribution in [0.5, 0.6) is 0 Å². The number of benzene rings is 2. The van der Waals surface area contributed by atoms with E-state index < -0.39 is 45.0 Å². The van der Waals surface area contributed by atoms with E-state index in [1.54, 1.807) is 24.3 Å². The lowest BCUT2D eigenvalue weighted by Gasteiger charge is -2.20. The fourth-order valence-corrected chi connectivity index (χ4v) is 3.42. The summed E-state index contributed by atoms with van der Waals surface area (Å²) in [5.41, 5.74) is 1.29. The normalized spacial score (nSPS) is 12.8. The summed E-state index contributed by atoms with van der Waals surface area (Å²) in [5, 5.41) is 10.9. The molecular formula is C16H14F2NO4S-. The summed E-state index contributed by atoms with van der Waals surface area (Å²) in [4.78, 5) is 10.1. The first kappa shape index (κ1) is 18.0. The summed E-state index contributed by atoms with van der Waals surface area (Å²) in [6.45, 7) is 1.82. The van der Waals surface area contributed by atoms with Crippen LogP contribution in [-0.2, 0) is 14.8 Å². The Kier molecular flexibility index (Phi) is 5.30. The zero-order valence-corrected chi connectivity index (χ0v) is 13.4. The molecule has 0 aliphatic rings. The van der Waals surface area contributed by atoms with Crippen molar-refractivity contribution < 1.29 is 27.1 Å². The number of halogens is 2. The average molecular weight is 354 g/mol. The number of carbonyl (C=O) groups excluding carboxylic acids is 1. The number of hydrogen-bond donors (Lipinski definition) is 1. The van der Waals surface area contributed by atoms with Crippen molar-refractivity contribution in [2.24, 2.45) is 0 Å². The minimum atomic E-state index is -4.39. The largest absolute Gasteiger partial charge is 0.550 e. The number of carboxylic acid groups (broad SMARTS) is 1. The van der Waals surface area contributed by atoms with Gasteiger partial charge >= 0.3 is 0 Å². The van der Waals surface area contributed by atoms with Gasteiger partial charge in [0.05, 0.1) is 6.04 Å². The molecule has 128 valence electrons. The fourth-order valence-electron chi connectivity index (χ4n) is 2.14. The Morgan fingerprint density at radius 2 is 1.79 bits per heavy atom. The first-order valence-electron chi connectivity index (χ1n) is 6.93. The first-order valence-corrected chi connectivity index (χ1v) is 8.41. The quantitative estimate of drug-likeness (QED) is 0.850. The second-order valence-electron chi connectivity index (χ2n) is 5.24. The highest BCUT2D eigenvalue weighted by molar-refractivity contribution is 7.89. The first-order chi connectivity index (χ1) is 11.2. The fraction of sp³-hybridized carbons (Fsp3) is 0.188. The topological polar surface area (TPSA) is 86.3 Å². The number of sulfonamides is 1. The number of hydrogen-bond acceptors (Lipinski definition) is 4. The highest BCUT2D eigenvalue weighted by Crippen LogP contribution is 2.22. The van der Waals surface area contributed by atoms with Crippen molar-refractivity contribution in [1.29, 1.82) is 0 Å². The van der Waals surface area contributed by atoms with Crippen LogP contribution in [0, 0.1) is 18.6 Å². The summed E-state index contributed by atoms with van der Waals surface area (Å²) in [6, 6.07) is 7.36. The molecule has 0 amide bonds. The van der Waals surface area contributed by atoms with E-state index in [4.69, 9.17) is 0 Å². The van der Waals surface area contributed by atoms with Crippen LogP contribution in [0.3, 0.4) is 0 Å². The third-order valence-corrected chi connectivity index (χ3v) is 4.84. The van der Waals surface area contributed by atoms with Crippen molar-refractivity contribution >= 4 is 16.0 Å². The summed E-state index contributed by atoms with van der Waals surface area (Å²) in [5.74, 6) is -3.65. The zero-order valence-electron chi connectivity index (χ0n) is 12.6. The van der Waals surface area contributed by atoms with Gasteiger partial charge in [-0.15, -0.1) is 0 Å². The van der Waals surface area contributed by atoms with Crippen LogP contribution < -0.4 is 9.83 Å². The van der Waals surface area contributed by atoms with Gasteiger partial charge in [-0.05, 0) is 24.6 Å². The Balaban J connectivity index is 2.37. The predicted octanol–water partition coefficient (Wildman–Crippen LogP) is 1.43. The van der Waals surface area contributed by atoms with Gasteiger partial charge in [0.25, 0.3) is 0 Å². The monoisotopic (exact) mass is 354 g/mol. The third-order valence-electron chi connectivity index (χ3n) is 3.33. The van der Waals surface area contributed by atoms with E-state index in [0.29, 0.717) is 11.6 Å². The van der Waals surface area contributed by atoms with Gasteiger partial charge in [0.15, 0.2) is 0 Å². The Morgan fingerprint density at radius 1 is 1.17 bits per heavy atom. The summed E-state index contributed by atoms with van der Waals surface area (Å²) < 4.78 is 53.4. The average Bonchev–Trinajstić information content (AvgIpc) is 2.46. The molecule has 0 unspecified atom stereocenters. The number of nitrogens with one attached hydrogen (secondary N) is 1. The summed E-state index contributed by atoms with van der Waals surface area (Å²) in [7, 11) is -4.39. The zero-order chi connectivity index (χ0) is 17.9. The van der Waals surface area contributed by atoms with E-state index in [1.165, 1.54) is 0 Å². The van der Waals surface area contributed by atoms with Gasteiger partial charge in [0, 0.05) is 18.5 Å². The van der Waals surface area contributed by atoms with E-state index in [-0.39, 0.29) is 0 Å². The molecule has 5 nitrogen and oxygen atoms in total. The molecule has 0 aromatic heterocycles. The lowest BCUT2D eigenvalue weighted by atomic mass is 10.0. The van der Waals surface area contributed by atoms with Crippen LogP contribution >= 0.6 is 0 Å². The molecule has 2 rings (SSSR count). The minimum Gasteiger partial charge on any atom is -0.550 e. The van der Waals surface area contributed by atoms with Crippen molar-refractivity contribution in [2.45, 2.75) is 24.3 Å². The number of carbonyl (C=O) groups is 1. The molecule has 0 spiro atoms. The van der Waals surface area contributed by atoms with Gasteiger partial charge < -0.3 is 9.90 Å². The molecule has 0 fully saturated rings. The molecule has 1 atom stereocenters. The van der Waals surface area contributed by atoms with Gasteiger partial charge in [-0.25, -0.2) is 21.9 Å². The third kappa shape index (κ3) is 4.36.